The second-order valence-corrected chi connectivity index (χ2v) is 3.70. The van der Waals surface area contributed by atoms with Crippen LogP contribution in [0.3, 0.4) is 0 Å². The first-order valence-corrected chi connectivity index (χ1v) is 4.85. The fourth-order valence-electron chi connectivity index (χ4n) is 1.93. The minimum atomic E-state index is 0.182. The second kappa shape index (κ2) is 3.38. The van der Waals surface area contributed by atoms with E-state index < -0.39 is 0 Å². The van der Waals surface area contributed by atoms with Gasteiger partial charge in [-0.25, -0.2) is 4.98 Å². The maximum Gasteiger partial charge on any atom is 0.110 e. The van der Waals surface area contributed by atoms with Gasteiger partial charge in [-0.15, -0.1) is 0 Å². The molecule has 0 aliphatic carbocycles. The van der Waals surface area contributed by atoms with E-state index in [1.807, 2.05) is 36.6 Å². The highest BCUT2D eigenvalue weighted by atomic mass is 15.0. The largest absolute Gasteiger partial charge is 0.387 e. The van der Waals surface area contributed by atoms with Crippen molar-refractivity contribution in [1.82, 2.24) is 9.38 Å². The standard InChI is InChI=1S/C11H14N4/c1-7-11-9(6-10(12)13)4-3-5-15(11)8(2)14-7/h3-5H,6H2,1-2H3,(H3,12,13). The Morgan fingerprint density at radius 3 is 2.93 bits per heavy atom. The molecule has 0 spiro atoms. The SMILES string of the molecule is Cc1nc(C)n2cccc(CC(=N)N)c12. The van der Waals surface area contributed by atoms with Crippen LogP contribution in [-0.4, -0.2) is 15.2 Å². The number of amidine groups is 1. The Morgan fingerprint density at radius 2 is 2.27 bits per heavy atom. The summed E-state index contributed by atoms with van der Waals surface area (Å²) in [5, 5.41) is 7.33. The Balaban J connectivity index is 2.69. The van der Waals surface area contributed by atoms with Crippen molar-refractivity contribution in [2.45, 2.75) is 20.3 Å². The molecular formula is C11H14N4. The third-order valence-corrected chi connectivity index (χ3v) is 2.48. The van der Waals surface area contributed by atoms with Gasteiger partial charge in [0, 0.05) is 12.6 Å². The zero-order valence-corrected chi connectivity index (χ0v) is 8.91. The first kappa shape index (κ1) is 9.71. The van der Waals surface area contributed by atoms with Crippen molar-refractivity contribution in [3.63, 3.8) is 0 Å². The van der Waals surface area contributed by atoms with Gasteiger partial charge in [-0.05, 0) is 25.5 Å². The summed E-state index contributed by atoms with van der Waals surface area (Å²) in [6, 6.07) is 3.95. The van der Waals surface area contributed by atoms with Crippen LogP contribution in [-0.2, 0) is 6.42 Å². The number of imidazole rings is 1. The molecule has 0 unspecified atom stereocenters. The van der Waals surface area contributed by atoms with E-state index in [2.05, 4.69) is 4.98 Å². The van der Waals surface area contributed by atoms with Crippen molar-refractivity contribution in [3.05, 3.63) is 35.4 Å². The topological polar surface area (TPSA) is 67.2 Å². The first-order chi connectivity index (χ1) is 7.09. The molecule has 0 aliphatic heterocycles. The number of nitrogens with two attached hydrogens (primary N) is 1. The van der Waals surface area contributed by atoms with Crippen molar-refractivity contribution < 1.29 is 0 Å². The number of aromatic nitrogens is 2. The molecule has 0 saturated heterocycles. The molecule has 0 aliphatic rings. The van der Waals surface area contributed by atoms with Crippen LogP contribution in [0.5, 0.6) is 0 Å². The number of hydrogen-bond donors (Lipinski definition) is 2. The van der Waals surface area contributed by atoms with Crippen LogP contribution in [0, 0.1) is 19.3 Å². The maximum atomic E-state index is 7.33. The molecule has 0 aromatic carbocycles. The summed E-state index contributed by atoms with van der Waals surface area (Å²) in [6.45, 7) is 3.95. The second-order valence-electron chi connectivity index (χ2n) is 3.70. The Bertz CT molecular complexity index is 525. The van der Waals surface area contributed by atoms with Crippen LogP contribution in [0.15, 0.2) is 18.3 Å². The van der Waals surface area contributed by atoms with Gasteiger partial charge < -0.3 is 10.1 Å². The Kier molecular flexibility index (Phi) is 2.19. The first-order valence-electron chi connectivity index (χ1n) is 4.85. The van der Waals surface area contributed by atoms with Crippen molar-refractivity contribution in [3.8, 4) is 0 Å². The zero-order chi connectivity index (χ0) is 11.0. The van der Waals surface area contributed by atoms with Crippen LogP contribution in [0.4, 0.5) is 0 Å². The van der Waals surface area contributed by atoms with Gasteiger partial charge in [-0.3, -0.25) is 5.41 Å². The van der Waals surface area contributed by atoms with Crippen LogP contribution >= 0.6 is 0 Å². The van der Waals surface area contributed by atoms with Gasteiger partial charge in [0.15, 0.2) is 0 Å². The molecule has 2 aromatic rings. The predicted molar refractivity (Wildman–Crippen MR) is 60.3 cm³/mol. The average molecular weight is 202 g/mol. The fourth-order valence-corrected chi connectivity index (χ4v) is 1.93. The van der Waals surface area contributed by atoms with Crippen molar-refractivity contribution in [2.24, 2.45) is 5.73 Å². The lowest BCUT2D eigenvalue weighted by atomic mass is 10.1. The van der Waals surface area contributed by atoms with E-state index in [-0.39, 0.29) is 5.84 Å². The van der Waals surface area contributed by atoms with E-state index in [0.29, 0.717) is 6.42 Å². The lowest BCUT2D eigenvalue weighted by Gasteiger charge is -2.04. The quantitative estimate of drug-likeness (QED) is 0.571. The molecular weight excluding hydrogens is 188 g/mol. The number of aryl methyl sites for hydroxylation is 2. The number of rotatable bonds is 2. The molecule has 78 valence electrons. The highest BCUT2D eigenvalue weighted by molar-refractivity contribution is 5.82. The summed E-state index contributed by atoms with van der Waals surface area (Å²) in [7, 11) is 0. The number of hydrogen-bond acceptors (Lipinski definition) is 2. The summed E-state index contributed by atoms with van der Waals surface area (Å²) in [4.78, 5) is 4.41. The van der Waals surface area contributed by atoms with E-state index >= 15 is 0 Å². The van der Waals surface area contributed by atoms with Gasteiger partial charge in [0.2, 0.25) is 0 Å². The maximum absolute atomic E-state index is 7.33. The van der Waals surface area contributed by atoms with Gasteiger partial charge in [0.1, 0.15) is 5.82 Å². The summed E-state index contributed by atoms with van der Waals surface area (Å²) < 4.78 is 2.04. The van der Waals surface area contributed by atoms with Gasteiger partial charge in [-0.1, -0.05) is 6.07 Å². The minimum absolute atomic E-state index is 0.182. The van der Waals surface area contributed by atoms with Crippen molar-refractivity contribution in [1.29, 1.82) is 5.41 Å². The van der Waals surface area contributed by atoms with Crippen LogP contribution in [0.2, 0.25) is 0 Å². The van der Waals surface area contributed by atoms with E-state index in [9.17, 15) is 0 Å². The van der Waals surface area contributed by atoms with Gasteiger partial charge in [0.25, 0.3) is 0 Å². The molecule has 0 bridgehead atoms. The molecule has 4 nitrogen and oxygen atoms in total. The minimum Gasteiger partial charge on any atom is -0.387 e. The van der Waals surface area contributed by atoms with Crippen molar-refractivity contribution >= 4 is 11.4 Å². The molecule has 0 radical (unpaired) electrons. The smallest absolute Gasteiger partial charge is 0.110 e. The summed E-state index contributed by atoms with van der Waals surface area (Å²) >= 11 is 0. The predicted octanol–water partition coefficient (Wildman–Crippen LogP) is 1.43. The van der Waals surface area contributed by atoms with Gasteiger partial charge in [0.05, 0.1) is 17.0 Å². The third-order valence-electron chi connectivity index (χ3n) is 2.48. The number of nitrogens with zero attached hydrogens (tertiary/aromatic N) is 2. The fraction of sp³-hybridized carbons (Fsp3) is 0.273. The van der Waals surface area contributed by atoms with E-state index in [0.717, 1.165) is 22.6 Å². The summed E-state index contributed by atoms with van der Waals surface area (Å²) in [5.41, 5.74) is 8.55. The molecule has 0 amide bonds. The van der Waals surface area contributed by atoms with Crippen LogP contribution in [0.25, 0.3) is 5.52 Å². The molecule has 4 heteroatoms. The van der Waals surface area contributed by atoms with E-state index in [4.69, 9.17) is 11.1 Å². The van der Waals surface area contributed by atoms with E-state index in [1.165, 1.54) is 0 Å². The Hall–Kier alpha value is -1.84. The Morgan fingerprint density at radius 1 is 1.53 bits per heavy atom. The summed E-state index contributed by atoms with van der Waals surface area (Å²) in [5.74, 6) is 1.15. The van der Waals surface area contributed by atoms with Crippen LogP contribution in [0.1, 0.15) is 17.1 Å². The summed E-state index contributed by atoms with van der Waals surface area (Å²) in [6.07, 6.45) is 2.46. The van der Waals surface area contributed by atoms with Gasteiger partial charge in [-0.2, -0.15) is 0 Å². The third kappa shape index (κ3) is 1.58. The molecule has 2 aromatic heterocycles. The lowest BCUT2D eigenvalue weighted by Crippen LogP contribution is -2.13. The molecule has 0 saturated carbocycles. The molecule has 3 N–H and O–H groups in total. The zero-order valence-electron chi connectivity index (χ0n) is 8.91. The highest BCUT2D eigenvalue weighted by Gasteiger charge is 2.08. The molecule has 15 heavy (non-hydrogen) atoms. The number of nitrogens with one attached hydrogen (secondary N) is 1. The highest BCUT2D eigenvalue weighted by Crippen LogP contribution is 2.17. The monoisotopic (exact) mass is 202 g/mol. The van der Waals surface area contributed by atoms with Crippen LogP contribution < -0.4 is 5.73 Å². The lowest BCUT2D eigenvalue weighted by molar-refractivity contribution is 1.03. The average Bonchev–Trinajstić information content (AvgIpc) is 2.43. The number of fused-ring (bicyclic) bond motifs is 1. The molecule has 2 heterocycles. The normalized spacial score (nSPS) is 10.8. The molecule has 2 rings (SSSR count). The molecule has 0 atom stereocenters. The number of pyridine rings is 1. The van der Waals surface area contributed by atoms with Gasteiger partial charge >= 0.3 is 0 Å². The van der Waals surface area contributed by atoms with E-state index in [1.54, 1.807) is 0 Å². The Labute approximate surface area is 88.3 Å². The van der Waals surface area contributed by atoms with Crippen molar-refractivity contribution in [2.75, 3.05) is 0 Å². The molecule has 0 fully saturated rings.